The number of likely N-dealkylation sites (tertiary alicyclic amines) is 1. The lowest BCUT2D eigenvalue weighted by molar-refractivity contribution is 0.161. The van der Waals surface area contributed by atoms with Crippen LogP contribution in [0.15, 0.2) is 23.0 Å². The van der Waals surface area contributed by atoms with E-state index in [1.807, 2.05) is 24.1 Å². The molecule has 1 aliphatic heterocycles. The minimum Gasteiger partial charge on any atom is -0.339 e. The highest BCUT2D eigenvalue weighted by Crippen LogP contribution is 2.20. The largest absolute Gasteiger partial charge is 0.339 e. The molecular weight excluding hydrogens is 296 g/mol. The molecule has 2 amide bonds. The first-order valence-electron chi connectivity index (χ1n) is 8.00. The number of amides is 2. The minimum absolute atomic E-state index is 0.0106. The van der Waals surface area contributed by atoms with Crippen LogP contribution in [0.4, 0.5) is 4.79 Å². The molecule has 23 heavy (non-hydrogen) atoms. The van der Waals surface area contributed by atoms with Crippen LogP contribution in [0.25, 0.3) is 0 Å². The third-order valence-corrected chi connectivity index (χ3v) is 4.02. The summed E-state index contributed by atoms with van der Waals surface area (Å²) < 4.78 is 6.98. The van der Waals surface area contributed by atoms with Crippen LogP contribution in [0.5, 0.6) is 0 Å². The van der Waals surface area contributed by atoms with Crippen LogP contribution in [0.2, 0.25) is 0 Å². The second kappa shape index (κ2) is 7.26. The Morgan fingerprint density at radius 1 is 1.52 bits per heavy atom. The predicted octanol–water partition coefficient (Wildman–Crippen LogP) is 1.24. The van der Waals surface area contributed by atoms with E-state index in [0.29, 0.717) is 30.7 Å². The third-order valence-electron chi connectivity index (χ3n) is 4.02. The van der Waals surface area contributed by atoms with Crippen molar-refractivity contribution in [2.45, 2.75) is 32.7 Å². The van der Waals surface area contributed by atoms with E-state index in [9.17, 15) is 4.79 Å². The zero-order valence-electron chi connectivity index (χ0n) is 13.3. The Morgan fingerprint density at radius 2 is 2.43 bits per heavy atom. The molecule has 0 spiro atoms. The number of urea groups is 1. The monoisotopic (exact) mass is 318 g/mol. The molecule has 0 saturated carbocycles. The molecule has 1 atom stereocenters. The number of carbonyl (C=O) groups is 1. The highest BCUT2D eigenvalue weighted by Gasteiger charge is 2.25. The summed E-state index contributed by atoms with van der Waals surface area (Å²) >= 11 is 0. The number of piperidine rings is 1. The van der Waals surface area contributed by atoms with Crippen molar-refractivity contribution in [2.75, 3.05) is 19.6 Å². The molecule has 8 heteroatoms. The highest BCUT2D eigenvalue weighted by atomic mass is 16.5. The average Bonchev–Trinajstić information content (AvgIpc) is 3.19. The van der Waals surface area contributed by atoms with Gasteiger partial charge in [0.1, 0.15) is 0 Å². The fourth-order valence-corrected chi connectivity index (χ4v) is 2.91. The van der Waals surface area contributed by atoms with Crippen molar-refractivity contribution >= 4 is 6.03 Å². The number of nitrogens with one attached hydrogen (secondary N) is 1. The van der Waals surface area contributed by atoms with Gasteiger partial charge in [0, 0.05) is 38.4 Å². The minimum atomic E-state index is -0.0106. The van der Waals surface area contributed by atoms with Crippen molar-refractivity contribution in [1.82, 2.24) is 30.1 Å². The van der Waals surface area contributed by atoms with Crippen molar-refractivity contribution in [2.24, 2.45) is 5.92 Å². The van der Waals surface area contributed by atoms with Gasteiger partial charge in [0.05, 0.1) is 6.54 Å². The predicted molar refractivity (Wildman–Crippen MR) is 82.7 cm³/mol. The van der Waals surface area contributed by atoms with E-state index in [4.69, 9.17) is 4.52 Å². The zero-order valence-corrected chi connectivity index (χ0v) is 13.3. The summed E-state index contributed by atoms with van der Waals surface area (Å²) in [4.78, 5) is 18.4. The summed E-state index contributed by atoms with van der Waals surface area (Å²) in [6.07, 6.45) is 6.44. The number of hydrogen-bond donors (Lipinski definition) is 1. The Labute approximate surface area is 134 Å². The van der Waals surface area contributed by atoms with E-state index in [1.165, 1.54) is 0 Å². The van der Waals surface area contributed by atoms with Crippen molar-refractivity contribution in [1.29, 1.82) is 0 Å². The van der Waals surface area contributed by atoms with Gasteiger partial charge in [-0.1, -0.05) is 5.16 Å². The molecule has 0 radical (unpaired) electrons. The van der Waals surface area contributed by atoms with Gasteiger partial charge in [0.15, 0.2) is 5.82 Å². The summed E-state index contributed by atoms with van der Waals surface area (Å²) in [5.74, 6) is 1.69. The molecule has 0 aliphatic carbocycles. The topological polar surface area (TPSA) is 89.1 Å². The number of aromatic nitrogens is 4. The summed E-state index contributed by atoms with van der Waals surface area (Å²) in [5.41, 5.74) is 0. The molecule has 3 rings (SSSR count). The summed E-state index contributed by atoms with van der Waals surface area (Å²) in [5, 5.41) is 10.9. The first-order chi connectivity index (χ1) is 11.2. The Morgan fingerprint density at radius 3 is 3.17 bits per heavy atom. The lowest BCUT2D eigenvalue weighted by Gasteiger charge is -2.32. The van der Waals surface area contributed by atoms with Crippen molar-refractivity contribution in [3.63, 3.8) is 0 Å². The molecule has 1 fully saturated rings. The van der Waals surface area contributed by atoms with E-state index in [0.717, 1.165) is 32.4 Å². The van der Waals surface area contributed by atoms with Crippen LogP contribution in [0, 0.1) is 12.8 Å². The smallest absolute Gasteiger partial charge is 0.317 e. The molecule has 2 aromatic heterocycles. The first kappa shape index (κ1) is 15.5. The number of aryl methyl sites for hydroxylation is 1. The van der Waals surface area contributed by atoms with E-state index >= 15 is 0 Å². The Hall–Kier alpha value is -2.38. The molecule has 8 nitrogen and oxygen atoms in total. The molecule has 1 saturated heterocycles. The summed E-state index contributed by atoms with van der Waals surface area (Å²) in [6.45, 7) is 4.59. The van der Waals surface area contributed by atoms with Crippen LogP contribution >= 0.6 is 0 Å². The van der Waals surface area contributed by atoms with Crippen LogP contribution < -0.4 is 5.32 Å². The number of rotatable bonds is 5. The second-order valence-electron chi connectivity index (χ2n) is 5.89. The molecule has 0 aromatic carbocycles. The van der Waals surface area contributed by atoms with Gasteiger partial charge in [-0.05, 0) is 31.7 Å². The number of hydrogen-bond acceptors (Lipinski definition) is 5. The lowest BCUT2D eigenvalue weighted by atomic mass is 9.95. The SMILES string of the molecule is Cc1noc(CC2CCCN(C(=O)NCCn3cccn3)C2)n1. The molecule has 124 valence electrons. The van der Waals surface area contributed by atoms with E-state index in [1.54, 1.807) is 10.9 Å². The summed E-state index contributed by atoms with van der Waals surface area (Å²) in [7, 11) is 0. The fourth-order valence-electron chi connectivity index (χ4n) is 2.91. The maximum Gasteiger partial charge on any atom is 0.317 e. The van der Waals surface area contributed by atoms with Gasteiger partial charge < -0.3 is 14.7 Å². The van der Waals surface area contributed by atoms with Gasteiger partial charge in [0.2, 0.25) is 5.89 Å². The zero-order chi connectivity index (χ0) is 16.1. The number of nitrogens with zero attached hydrogens (tertiary/aromatic N) is 5. The fraction of sp³-hybridized carbons (Fsp3) is 0.600. The van der Waals surface area contributed by atoms with Crippen LogP contribution in [-0.2, 0) is 13.0 Å². The van der Waals surface area contributed by atoms with Crippen molar-refractivity contribution < 1.29 is 9.32 Å². The lowest BCUT2D eigenvalue weighted by Crippen LogP contribution is -2.46. The van der Waals surface area contributed by atoms with E-state index in [2.05, 4.69) is 20.6 Å². The van der Waals surface area contributed by atoms with E-state index < -0.39 is 0 Å². The third kappa shape index (κ3) is 4.30. The molecule has 1 N–H and O–H groups in total. The molecule has 2 aromatic rings. The van der Waals surface area contributed by atoms with Crippen LogP contribution in [-0.4, -0.2) is 50.5 Å². The van der Waals surface area contributed by atoms with E-state index in [-0.39, 0.29) is 6.03 Å². The summed E-state index contributed by atoms with van der Waals surface area (Å²) in [6, 6.07) is 1.86. The van der Waals surface area contributed by atoms with Gasteiger partial charge in [-0.15, -0.1) is 0 Å². The Kier molecular flexibility index (Phi) is 4.89. The molecule has 3 heterocycles. The van der Waals surface area contributed by atoms with Gasteiger partial charge in [-0.3, -0.25) is 4.68 Å². The average molecular weight is 318 g/mol. The molecule has 0 bridgehead atoms. The van der Waals surface area contributed by atoms with Gasteiger partial charge in [-0.25, -0.2) is 4.79 Å². The van der Waals surface area contributed by atoms with Gasteiger partial charge >= 0.3 is 6.03 Å². The van der Waals surface area contributed by atoms with Crippen molar-refractivity contribution in [3.8, 4) is 0 Å². The maximum atomic E-state index is 12.3. The molecule has 1 aliphatic rings. The Bertz CT molecular complexity index is 624. The normalized spacial score (nSPS) is 18.1. The molecule has 1 unspecified atom stereocenters. The van der Waals surface area contributed by atoms with Crippen LogP contribution in [0.1, 0.15) is 24.6 Å². The van der Waals surface area contributed by atoms with Gasteiger partial charge in [0.25, 0.3) is 0 Å². The first-order valence-corrected chi connectivity index (χ1v) is 8.00. The van der Waals surface area contributed by atoms with Crippen molar-refractivity contribution in [3.05, 3.63) is 30.2 Å². The Balaban J connectivity index is 1.44. The highest BCUT2D eigenvalue weighted by molar-refractivity contribution is 5.74. The maximum absolute atomic E-state index is 12.3. The molecular formula is C15H22N6O2. The quantitative estimate of drug-likeness (QED) is 0.896. The van der Waals surface area contributed by atoms with Crippen LogP contribution in [0.3, 0.4) is 0 Å². The van der Waals surface area contributed by atoms with Gasteiger partial charge in [-0.2, -0.15) is 10.1 Å². The standard InChI is InChI=1S/C15H22N6O2/c1-12-18-14(23-19-12)10-13-4-2-7-20(11-13)15(22)16-6-9-21-8-3-5-17-21/h3,5,8,13H,2,4,6-7,9-11H2,1H3,(H,16,22). The second-order valence-corrected chi connectivity index (χ2v) is 5.89. The number of carbonyl (C=O) groups excluding carboxylic acids is 1.